The summed E-state index contributed by atoms with van der Waals surface area (Å²) >= 11 is 5.92. The van der Waals surface area contributed by atoms with E-state index in [9.17, 15) is 0 Å². The van der Waals surface area contributed by atoms with Crippen LogP contribution in [0.25, 0.3) is 17.1 Å². The third-order valence-electron chi connectivity index (χ3n) is 4.30. The van der Waals surface area contributed by atoms with Gasteiger partial charge in [0.1, 0.15) is 35.0 Å². The maximum Gasteiger partial charge on any atom is 0.137 e. The lowest BCUT2D eigenvalue weighted by Gasteiger charge is -2.10. The first-order valence-electron chi connectivity index (χ1n) is 8.68. The average molecular weight is 380 g/mol. The van der Waals surface area contributed by atoms with Crippen molar-refractivity contribution >= 4 is 11.6 Å². The Hall–Kier alpha value is -3.05. The molecule has 0 unspecified atom stereocenters. The van der Waals surface area contributed by atoms with Crippen LogP contribution in [0, 0.1) is 6.92 Å². The molecule has 0 amide bonds. The van der Waals surface area contributed by atoms with Gasteiger partial charge in [-0.15, -0.1) is 0 Å². The normalized spacial score (nSPS) is 10.9. The molecule has 0 radical (unpaired) electrons. The first-order valence-corrected chi connectivity index (χ1v) is 9.05. The number of aromatic nitrogens is 3. The molecule has 4 aromatic rings. The summed E-state index contributed by atoms with van der Waals surface area (Å²) in [5.41, 5.74) is 3.49. The highest BCUT2D eigenvalue weighted by atomic mass is 35.5. The topological polar surface area (TPSA) is 53.1 Å². The van der Waals surface area contributed by atoms with Gasteiger partial charge in [0.15, 0.2) is 0 Å². The zero-order chi connectivity index (χ0) is 18.8. The number of nitrogens with zero attached hydrogens (tertiary/aromatic N) is 3. The van der Waals surface area contributed by atoms with Crippen LogP contribution >= 0.6 is 11.6 Å². The molecule has 4 rings (SSSR count). The van der Waals surface area contributed by atoms with Crippen molar-refractivity contribution < 1.29 is 9.26 Å². The van der Waals surface area contributed by atoms with E-state index >= 15 is 0 Å². The number of rotatable bonds is 5. The molecule has 0 saturated carbocycles. The van der Waals surface area contributed by atoms with Gasteiger partial charge in [-0.25, -0.2) is 4.98 Å². The molecular weight excluding hydrogens is 362 g/mol. The Bertz CT molecular complexity index is 1070. The zero-order valence-electron chi connectivity index (χ0n) is 15.0. The SMILES string of the molecule is CCc1cc(-c2ncn(-c3cccc(Oc4ccc(Cl)cc4)c3)c2C)no1. The molecule has 0 fully saturated rings. The van der Waals surface area contributed by atoms with Gasteiger partial charge in [0.2, 0.25) is 0 Å². The molecule has 6 heteroatoms. The summed E-state index contributed by atoms with van der Waals surface area (Å²) in [5.74, 6) is 2.31. The van der Waals surface area contributed by atoms with Crippen LogP contribution in [0.5, 0.6) is 11.5 Å². The van der Waals surface area contributed by atoms with Crippen LogP contribution in [-0.2, 0) is 6.42 Å². The van der Waals surface area contributed by atoms with Crippen LogP contribution in [-0.4, -0.2) is 14.7 Å². The summed E-state index contributed by atoms with van der Waals surface area (Å²) in [4.78, 5) is 4.52. The molecular formula is C21H18ClN3O2. The summed E-state index contributed by atoms with van der Waals surface area (Å²) < 4.78 is 13.2. The van der Waals surface area contributed by atoms with Crippen LogP contribution in [0.1, 0.15) is 18.4 Å². The maximum atomic E-state index is 5.92. The molecule has 27 heavy (non-hydrogen) atoms. The zero-order valence-corrected chi connectivity index (χ0v) is 15.8. The van der Waals surface area contributed by atoms with Crippen LogP contribution < -0.4 is 4.74 Å². The van der Waals surface area contributed by atoms with Crippen molar-refractivity contribution in [2.45, 2.75) is 20.3 Å². The molecule has 136 valence electrons. The molecule has 2 heterocycles. The molecule has 2 aromatic carbocycles. The number of aryl methyl sites for hydroxylation is 1. The van der Waals surface area contributed by atoms with Gasteiger partial charge in [-0.05, 0) is 43.3 Å². The quantitative estimate of drug-likeness (QED) is 0.437. The van der Waals surface area contributed by atoms with Gasteiger partial charge >= 0.3 is 0 Å². The van der Waals surface area contributed by atoms with Gasteiger partial charge in [0.25, 0.3) is 0 Å². The first-order chi connectivity index (χ1) is 13.1. The van der Waals surface area contributed by atoms with E-state index < -0.39 is 0 Å². The van der Waals surface area contributed by atoms with E-state index in [0.717, 1.165) is 46.4 Å². The number of benzene rings is 2. The molecule has 0 atom stereocenters. The Labute approximate surface area is 162 Å². The molecule has 0 bridgehead atoms. The molecule has 0 aliphatic rings. The number of ether oxygens (including phenoxy) is 1. The van der Waals surface area contributed by atoms with E-state index in [1.54, 1.807) is 18.5 Å². The van der Waals surface area contributed by atoms with Gasteiger partial charge < -0.3 is 13.8 Å². The van der Waals surface area contributed by atoms with E-state index in [1.165, 1.54) is 0 Å². The van der Waals surface area contributed by atoms with Crippen molar-refractivity contribution in [3.8, 4) is 28.6 Å². The largest absolute Gasteiger partial charge is 0.457 e. The minimum Gasteiger partial charge on any atom is -0.457 e. The van der Waals surface area contributed by atoms with E-state index in [0.29, 0.717) is 5.02 Å². The Morgan fingerprint density at radius 3 is 2.63 bits per heavy atom. The van der Waals surface area contributed by atoms with Gasteiger partial charge in [-0.2, -0.15) is 0 Å². The third-order valence-corrected chi connectivity index (χ3v) is 4.55. The fourth-order valence-corrected chi connectivity index (χ4v) is 2.97. The standard InChI is InChI=1S/C21H18ClN3O2/c1-3-17-12-20(24-27-17)21-14(2)25(13-23-21)16-5-4-6-19(11-16)26-18-9-7-15(22)8-10-18/h4-13H,3H2,1-2H3. The highest BCUT2D eigenvalue weighted by Crippen LogP contribution is 2.28. The van der Waals surface area contributed by atoms with Crippen molar-refractivity contribution in [2.24, 2.45) is 0 Å². The van der Waals surface area contributed by atoms with E-state index in [-0.39, 0.29) is 0 Å². The molecule has 0 aliphatic carbocycles. The van der Waals surface area contributed by atoms with Crippen LogP contribution in [0.15, 0.2) is 65.4 Å². The molecule has 0 N–H and O–H groups in total. The molecule has 0 spiro atoms. The van der Waals surface area contributed by atoms with Crippen molar-refractivity contribution in [3.63, 3.8) is 0 Å². The van der Waals surface area contributed by atoms with Crippen molar-refractivity contribution in [1.82, 2.24) is 14.7 Å². The fourth-order valence-electron chi connectivity index (χ4n) is 2.85. The second-order valence-electron chi connectivity index (χ2n) is 6.13. The second-order valence-corrected chi connectivity index (χ2v) is 6.57. The molecule has 2 aromatic heterocycles. The summed E-state index contributed by atoms with van der Waals surface area (Å²) in [7, 11) is 0. The summed E-state index contributed by atoms with van der Waals surface area (Å²) in [6.07, 6.45) is 2.59. The number of hydrogen-bond donors (Lipinski definition) is 0. The highest BCUT2D eigenvalue weighted by molar-refractivity contribution is 6.30. The maximum absolute atomic E-state index is 5.92. The summed E-state index contributed by atoms with van der Waals surface area (Å²) in [6, 6.07) is 17.0. The minimum atomic E-state index is 0.678. The Kier molecular flexibility index (Phi) is 4.69. The number of halogens is 1. The second kappa shape index (κ2) is 7.29. The van der Waals surface area contributed by atoms with E-state index in [2.05, 4.69) is 10.1 Å². The molecule has 0 aliphatic heterocycles. The Morgan fingerprint density at radius 2 is 1.89 bits per heavy atom. The van der Waals surface area contributed by atoms with Crippen LogP contribution in [0.2, 0.25) is 5.02 Å². The van der Waals surface area contributed by atoms with Gasteiger partial charge in [-0.3, -0.25) is 0 Å². The summed E-state index contributed by atoms with van der Waals surface area (Å²) in [5, 5.41) is 4.80. The van der Waals surface area contributed by atoms with Gasteiger partial charge in [0.05, 0.1) is 5.69 Å². The summed E-state index contributed by atoms with van der Waals surface area (Å²) in [6.45, 7) is 4.04. The fraction of sp³-hybridized carbons (Fsp3) is 0.143. The van der Waals surface area contributed by atoms with Crippen molar-refractivity contribution in [3.05, 3.63) is 77.4 Å². The Balaban J connectivity index is 1.63. The molecule has 5 nitrogen and oxygen atoms in total. The number of imidazole rings is 1. The number of hydrogen-bond acceptors (Lipinski definition) is 4. The predicted octanol–water partition coefficient (Wildman–Crippen LogP) is 5.84. The van der Waals surface area contributed by atoms with E-state index in [4.69, 9.17) is 20.9 Å². The van der Waals surface area contributed by atoms with Gasteiger partial charge in [0, 0.05) is 29.3 Å². The van der Waals surface area contributed by atoms with Crippen molar-refractivity contribution in [1.29, 1.82) is 0 Å². The smallest absolute Gasteiger partial charge is 0.137 e. The lowest BCUT2D eigenvalue weighted by atomic mass is 10.2. The van der Waals surface area contributed by atoms with E-state index in [1.807, 2.05) is 60.9 Å². The van der Waals surface area contributed by atoms with Crippen molar-refractivity contribution in [2.75, 3.05) is 0 Å². The molecule has 0 saturated heterocycles. The highest BCUT2D eigenvalue weighted by Gasteiger charge is 2.14. The predicted molar refractivity (Wildman–Crippen MR) is 105 cm³/mol. The van der Waals surface area contributed by atoms with Crippen LogP contribution in [0.4, 0.5) is 0 Å². The average Bonchev–Trinajstić information content (AvgIpc) is 3.30. The third kappa shape index (κ3) is 3.59. The Morgan fingerprint density at radius 1 is 1.07 bits per heavy atom. The van der Waals surface area contributed by atoms with Gasteiger partial charge in [-0.1, -0.05) is 29.7 Å². The van der Waals surface area contributed by atoms with Crippen LogP contribution in [0.3, 0.4) is 0 Å². The first kappa shape index (κ1) is 17.4. The lowest BCUT2D eigenvalue weighted by Crippen LogP contribution is -1.96. The monoisotopic (exact) mass is 379 g/mol. The minimum absolute atomic E-state index is 0.678. The lowest BCUT2D eigenvalue weighted by molar-refractivity contribution is 0.388.